The van der Waals surface area contributed by atoms with Crippen LogP contribution >= 0.6 is 0 Å². The highest BCUT2D eigenvalue weighted by molar-refractivity contribution is 6.39. The molecule has 20 heavy (non-hydrogen) atoms. The van der Waals surface area contributed by atoms with Gasteiger partial charge in [-0.25, -0.2) is 8.78 Å². The van der Waals surface area contributed by atoms with Crippen molar-refractivity contribution in [3.05, 3.63) is 29.8 Å². The quantitative estimate of drug-likeness (QED) is 0.708. The van der Waals surface area contributed by atoms with Crippen LogP contribution in [0.15, 0.2) is 18.2 Å². The number of amides is 2. The Bertz CT molecular complexity index is 495. The second kappa shape index (κ2) is 7.54. The Kier molecular flexibility index (Phi) is 6.05. The minimum Gasteiger partial charge on any atom is -0.396 e. The van der Waals surface area contributed by atoms with Gasteiger partial charge in [0.2, 0.25) is 0 Å². The van der Waals surface area contributed by atoms with Crippen molar-refractivity contribution in [3.63, 3.8) is 0 Å². The number of aliphatic hydroxyl groups excluding tert-OH is 1. The maximum absolute atomic E-state index is 13.3. The molecule has 0 aromatic heterocycles. The molecular weight excluding hydrogens is 270 g/mol. The Morgan fingerprint density at radius 1 is 1.30 bits per heavy atom. The molecule has 0 spiro atoms. The number of benzene rings is 1. The van der Waals surface area contributed by atoms with E-state index in [4.69, 9.17) is 5.11 Å². The van der Waals surface area contributed by atoms with Gasteiger partial charge in [-0.2, -0.15) is 0 Å². The molecule has 0 radical (unpaired) electrons. The van der Waals surface area contributed by atoms with Crippen molar-refractivity contribution in [1.82, 2.24) is 5.32 Å². The van der Waals surface area contributed by atoms with Gasteiger partial charge >= 0.3 is 11.8 Å². The molecule has 0 heterocycles. The zero-order valence-electron chi connectivity index (χ0n) is 11.0. The molecule has 1 unspecified atom stereocenters. The zero-order valence-corrected chi connectivity index (χ0v) is 11.0. The van der Waals surface area contributed by atoms with Gasteiger partial charge in [-0.3, -0.25) is 9.59 Å². The highest BCUT2D eigenvalue weighted by Crippen LogP contribution is 2.14. The third-order valence-corrected chi connectivity index (χ3v) is 2.62. The van der Waals surface area contributed by atoms with Crippen LogP contribution in [0.2, 0.25) is 0 Å². The maximum atomic E-state index is 13.3. The molecule has 1 rings (SSSR count). The normalized spacial score (nSPS) is 11.8. The molecule has 0 saturated carbocycles. The van der Waals surface area contributed by atoms with Crippen molar-refractivity contribution in [1.29, 1.82) is 0 Å². The van der Waals surface area contributed by atoms with Crippen LogP contribution in [-0.4, -0.2) is 30.1 Å². The van der Waals surface area contributed by atoms with E-state index in [1.807, 2.05) is 5.32 Å². The van der Waals surface area contributed by atoms with Crippen LogP contribution in [-0.2, 0) is 9.59 Å². The van der Waals surface area contributed by atoms with Crippen molar-refractivity contribution in [3.8, 4) is 0 Å². The van der Waals surface area contributed by atoms with E-state index >= 15 is 0 Å². The van der Waals surface area contributed by atoms with Crippen LogP contribution in [0.3, 0.4) is 0 Å². The van der Waals surface area contributed by atoms with Crippen LogP contribution in [0.1, 0.15) is 13.3 Å². The summed E-state index contributed by atoms with van der Waals surface area (Å²) in [7, 11) is 0. The molecule has 1 aromatic rings. The molecule has 3 N–H and O–H groups in total. The third-order valence-electron chi connectivity index (χ3n) is 2.62. The van der Waals surface area contributed by atoms with Crippen molar-refractivity contribution in [2.24, 2.45) is 5.92 Å². The Hall–Kier alpha value is -2.02. The highest BCUT2D eigenvalue weighted by Gasteiger charge is 2.16. The summed E-state index contributed by atoms with van der Waals surface area (Å²) in [6.45, 7) is 1.98. The fraction of sp³-hybridized carbons (Fsp3) is 0.385. The number of aliphatic hydroxyl groups is 1. The van der Waals surface area contributed by atoms with E-state index in [1.54, 1.807) is 6.92 Å². The molecule has 0 aliphatic rings. The molecule has 0 saturated heterocycles. The van der Waals surface area contributed by atoms with Crippen molar-refractivity contribution in [2.75, 3.05) is 18.5 Å². The molecule has 0 fully saturated rings. The van der Waals surface area contributed by atoms with Crippen LogP contribution in [0, 0.1) is 17.6 Å². The van der Waals surface area contributed by atoms with Gasteiger partial charge in [0.25, 0.3) is 0 Å². The number of carbonyl (C=O) groups excluding carboxylic acids is 2. The van der Waals surface area contributed by atoms with Crippen molar-refractivity contribution < 1.29 is 23.5 Å². The number of rotatable bonds is 5. The van der Waals surface area contributed by atoms with Gasteiger partial charge in [-0.05, 0) is 24.5 Å². The summed E-state index contributed by atoms with van der Waals surface area (Å²) in [6, 6.07) is 2.54. The lowest BCUT2D eigenvalue weighted by molar-refractivity contribution is -0.136. The first-order chi connectivity index (χ1) is 9.43. The number of anilines is 1. The van der Waals surface area contributed by atoms with Gasteiger partial charge in [0.05, 0.1) is 5.69 Å². The van der Waals surface area contributed by atoms with Gasteiger partial charge in [0.1, 0.15) is 11.6 Å². The second-order valence-electron chi connectivity index (χ2n) is 4.41. The van der Waals surface area contributed by atoms with Gasteiger partial charge in [0, 0.05) is 19.2 Å². The van der Waals surface area contributed by atoms with E-state index in [0.29, 0.717) is 6.42 Å². The summed E-state index contributed by atoms with van der Waals surface area (Å²) < 4.78 is 26.2. The monoisotopic (exact) mass is 286 g/mol. The summed E-state index contributed by atoms with van der Waals surface area (Å²) in [4.78, 5) is 22.9. The number of nitrogens with one attached hydrogen (secondary N) is 2. The first-order valence-electron chi connectivity index (χ1n) is 6.09. The lowest BCUT2D eigenvalue weighted by Crippen LogP contribution is -2.38. The van der Waals surface area contributed by atoms with Crippen LogP contribution < -0.4 is 10.6 Å². The van der Waals surface area contributed by atoms with E-state index in [9.17, 15) is 18.4 Å². The zero-order chi connectivity index (χ0) is 15.1. The minimum absolute atomic E-state index is 0.00246. The fourth-order valence-corrected chi connectivity index (χ4v) is 1.44. The topological polar surface area (TPSA) is 78.4 Å². The predicted molar refractivity (Wildman–Crippen MR) is 68.9 cm³/mol. The fourth-order valence-electron chi connectivity index (χ4n) is 1.44. The smallest absolute Gasteiger partial charge is 0.313 e. The lowest BCUT2D eigenvalue weighted by Gasteiger charge is -2.11. The number of hydrogen-bond donors (Lipinski definition) is 3. The van der Waals surface area contributed by atoms with Gasteiger partial charge in [-0.1, -0.05) is 6.92 Å². The largest absolute Gasteiger partial charge is 0.396 e. The second-order valence-corrected chi connectivity index (χ2v) is 4.41. The van der Waals surface area contributed by atoms with E-state index < -0.39 is 29.1 Å². The first kappa shape index (κ1) is 16.0. The molecule has 2 amide bonds. The van der Waals surface area contributed by atoms with Crippen LogP contribution in [0.4, 0.5) is 14.5 Å². The summed E-state index contributed by atoms with van der Waals surface area (Å²) in [6.07, 6.45) is 0.487. The molecule has 1 aromatic carbocycles. The van der Waals surface area contributed by atoms with Crippen molar-refractivity contribution >= 4 is 17.5 Å². The molecule has 7 heteroatoms. The molecule has 0 bridgehead atoms. The Morgan fingerprint density at radius 2 is 2.00 bits per heavy atom. The minimum atomic E-state index is -1.08. The van der Waals surface area contributed by atoms with Crippen LogP contribution in [0.5, 0.6) is 0 Å². The van der Waals surface area contributed by atoms with E-state index in [1.165, 1.54) is 0 Å². The average molecular weight is 286 g/mol. The number of carbonyl (C=O) groups is 2. The first-order valence-corrected chi connectivity index (χ1v) is 6.09. The molecule has 0 aliphatic heterocycles. The molecule has 0 aliphatic carbocycles. The maximum Gasteiger partial charge on any atom is 0.313 e. The average Bonchev–Trinajstić information content (AvgIpc) is 2.40. The van der Waals surface area contributed by atoms with E-state index in [0.717, 1.165) is 18.2 Å². The molecule has 5 nitrogen and oxygen atoms in total. The Balaban J connectivity index is 2.53. The van der Waals surface area contributed by atoms with Gasteiger partial charge < -0.3 is 15.7 Å². The van der Waals surface area contributed by atoms with E-state index in [2.05, 4.69) is 5.32 Å². The standard InChI is InChI=1S/C13H16F2N2O3/c1-8(4-5-18)7-16-12(19)13(20)17-11-6-9(14)2-3-10(11)15/h2-3,6,8,18H,4-5,7H2,1H3,(H,16,19)(H,17,20). The summed E-state index contributed by atoms with van der Waals surface area (Å²) in [5.74, 6) is -3.58. The SMILES string of the molecule is CC(CCO)CNC(=O)C(=O)Nc1cc(F)ccc1F. The summed E-state index contributed by atoms with van der Waals surface area (Å²) in [5, 5.41) is 13.0. The summed E-state index contributed by atoms with van der Waals surface area (Å²) in [5.41, 5.74) is -0.395. The lowest BCUT2D eigenvalue weighted by atomic mass is 10.1. The van der Waals surface area contributed by atoms with Gasteiger partial charge in [-0.15, -0.1) is 0 Å². The molecule has 1 atom stereocenters. The van der Waals surface area contributed by atoms with Crippen LogP contribution in [0.25, 0.3) is 0 Å². The highest BCUT2D eigenvalue weighted by atomic mass is 19.1. The predicted octanol–water partition coefficient (Wildman–Crippen LogP) is 1.04. The Labute approximate surface area is 115 Å². The Morgan fingerprint density at radius 3 is 2.65 bits per heavy atom. The summed E-state index contributed by atoms with van der Waals surface area (Å²) >= 11 is 0. The molecular formula is C13H16F2N2O3. The van der Waals surface area contributed by atoms with Crippen molar-refractivity contribution in [2.45, 2.75) is 13.3 Å². The third kappa shape index (κ3) is 4.93. The molecule has 110 valence electrons. The number of halogens is 2. The number of hydrogen-bond acceptors (Lipinski definition) is 3. The van der Waals surface area contributed by atoms with Gasteiger partial charge in [0.15, 0.2) is 0 Å². The van der Waals surface area contributed by atoms with E-state index in [-0.39, 0.29) is 19.1 Å².